The lowest BCUT2D eigenvalue weighted by Crippen LogP contribution is -2.50. The summed E-state index contributed by atoms with van der Waals surface area (Å²) < 4.78 is 6.35. The number of hydrogen-bond donors (Lipinski definition) is 1. The third-order valence-electron chi connectivity index (χ3n) is 3.65. The molecule has 0 amide bonds. The van der Waals surface area contributed by atoms with Gasteiger partial charge in [-0.1, -0.05) is 13.8 Å². The Balaban J connectivity index is 2.16. The van der Waals surface area contributed by atoms with E-state index in [0.29, 0.717) is 0 Å². The minimum Gasteiger partial charge on any atom is -0.364 e. The monoisotopic (exact) mass is 239 g/mol. The Morgan fingerprint density at radius 2 is 2.25 bits per heavy atom. The molecule has 1 atom stereocenters. The molecule has 16 heavy (non-hydrogen) atoms. The van der Waals surface area contributed by atoms with Crippen LogP contribution in [-0.2, 0) is 4.74 Å². The van der Waals surface area contributed by atoms with Crippen molar-refractivity contribution in [2.75, 3.05) is 13.1 Å². The van der Waals surface area contributed by atoms with Gasteiger partial charge >= 0.3 is 0 Å². The Labute approximate surface area is 102 Å². The molecule has 1 aromatic rings. The number of morpholine rings is 1. The van der Waals surface area contributed by atoms with Crippen LogP contribution >= 0.6 is 11.3 Å². The molecule has 1 saturated heterocycles. The first kappa shape index (κ1) is 12.1. The van der Waals surface area contributed by atoms with Crippen molar-refractivity contribution in [3.05, 3.63) is 21.9 Å². The summed E-state index contributed by atoms with van der Waals surface area (Å²) >= 11 is 1.81. The third-order valence-corrected chi connectivity index (χ3v) is 4.76. The summed E-state index contributed by atoms with van der Waals surface area (Å²) in [6, 6.07) is 2.18. The van der Waals surface area contributed by atoms with Crippen LogP contribution in [0.3, 0.4) is 0 Å². The van der Waals surface area contributed by atoms with Gasteiger partial charge in [-0.2, -0.15) is 0 Å². The van der Waals surface area contributed by atoms with E-state index in [-0.39, 0.29) is 11.7 Å². The molecule has 0 spiro atoms. The van der Waals surface area contributed by atoms with E-state index in [1.54, 1.807) is 0 Å². The van der Waals surface area contributed by atoms with Crippen molar-refractivity contribution in [3.8, 4) is 0 Å². The van der Waals surface area contributed by atoms with Crippen LogP contribution in [0.2, 0.25) is 0 Å². The molecule has 1 unspecified atom stereocenters. The zero-order valence-electron chi connectivity index (χ0n) is 10.4. The summed E-state index contributed by atoms with van der Waals surface area (Å²) in [5.74, 6) is 0. The highest BCUT2D eigenvalue weighted by molar-refractivity contribution is 7.10. The molecule has 1 aliphatic rings. The van der Waals surface area contributed by atoms with E-state index in [1.165, 1.54) is 10.4 Å². The molecular weight excluding hydrogens is 218 g/mol. The van der Waals surface area contributed by atoms with E-state index in [0.717, 1.165) is 25.9 Å². The van der Waals surface area contributed by atoms with Gasteiger partial charge in [0.2, 0.25) is 0 Å². The summed E-state index contributed by atoms with van der Waals surface area (Å²) in [5.41, 5.74) is 1.40. The van der Waals surface area contributed by atoms with Crippen molar-refractivity contribution in [3.63, 3.8) is 0 Å². The lowest BCUT2D eigenvalue weighted by Gasteiger charge is -2.40. The first-order chi connectivity index (χ1) is 7.71. The summed E-state index contributed by atoms with van der Waals surface area (Å²) in [7, 11) is 0. The molecular formula is C13H21NOS. The fourth-order valence-electron chi connectivity index (χ4n) is 2.34. The summed E-state index contributed by atoms with van der Waals surface area (Å²) in [6.07, 6.45) is 2.41. The largest absolute Gasteiger partial charge is 0.364 e. The van der Waals surface area contributed by atoms with Crippen LogP contribution in [-0.4, -0.2) is 18.7 Å². The fraction of sp³-hybridized carbons (Fsp3) is 0.692. The van der Waals surface area contributed by atoms with Crippen LogP contribution in [0.5, 0.6) is 0 Å². The summed E-state index contributed by atoms with van der Waals surface area (Å²) in [4.78, 5) is 1.39. The van der Waals surface area contributed by atoms with Crippen molar-refractivity contribution >= 4 is 11.3 Å². The quantitative estimate of drug-likeness (QED) is 0.874. The molecule has 2 heterocycles. The molecule has 0 saturated carbocycles. The maximum absolute atomic E-state index is 6.35. The van der Waals surface area contributed by atoms with Crippen molar-refractivity contribution < 1.29 is 4.74 Å². The molecule has 0 radical (unpaired) electrons. The smallest absolute Gasteiger partial charge is 0.105 e. The van der Waals surface area contributed by atoms with Crippen LogP contribution in [0.1, 0.15) is 43.2 Å². The minimum absolute atomic E-state index is 0.0410. The normalized spacial score (nSPS) is 24.6. The number of nitrogens with one attached hydrogen (secondary N) is 1. The molecule has 1 N–H and O–H groups in total. The Bertz CT molecular complexity index is 343. The Hall–Kier alpha value is -0.380. The van der Waals surface area contributed by atoms with Gasteiger partial charge < -0.3 is 10.1 Å². The van der Waals surface area contributed by atoms with Gasteiger partial charge in [0.15, 0.2) is 0 Å². The second kappa shape index (κ2) is 4.86. The second-order valence-corrected chi connectivity index (χ2v) is 5.54. The maximum atomic E-state index is 6.35. The van der Waals surface area contributed by atoms with E-state index >= 15 is 0 Å². The van der Waals surface area contributed by atoms with Gasteiger partial charge in [0, 0.05) is 18.0 Å². The summed E-state index contributed by atoms with van der Waals surface area (Å²) in [5, 5.41) is 5.68. The van der Waals surface area contributed by atoms with Crippen LogP contribution in [0.15, 0.2) is 11.4 Å². The SMILES string of the molecule is CCC1(CC)CNCC(c2sccc2C)O1. The standard InChI is InChI=1S/C13H21NOS/c1-4-13(5-2)9-14-8-11(15-13)12-10(3)6-7-16-12/h6-7,11,14H,4-5,8-9H2,1-3H3. The highest BCUT2D eigenvalue weighted by atomic mass is 32.1. The lowest BCUT2D eigenvalue weighted by molar-refractivity contribution is -0.121. The van der Waals surface area contributed by atoms with Gasteiger partial charge in [-0.05, 0) is 36.8 Å². The molecule has 0 aliphatic carbocycles. The summed E-state index contributed by atoms with van der Waals surface area (Å²) in [6.45, 7) is 8.54. The van der Waals surface area contributed by atoms with E-state index in [1.807, 2.05) is 11.3 Å². The van der Waals surface area contributed by atoms with Crippen LogP contribution in [0.4, 0.5) is 0 Å². The van der Waals surface area contributed by atoms with Crippen molar-refractivity contribution in [2.45, 2.75) is 45.3 Å². The highest BCUT2D eigenvalue weighted by Gasteiger charge is 2.35. The topological polar surface area (TPSA) is 21.3 Å². The van der Waals surface area contributed by atoms with E-state index in [9.17, 15) is 0 Å². The maximum Gasteiger partial charge on any atom is 0.105 e. The second-order valence-electron chi connectivity index (χ2n) is 4.60. The molecule has 1 aromatic heterocycles. The third kappa shape index (κ3) is 2.17. The molecule has 3 heteroatoms. The number of rotatable bonds is 3. The Kier molecular flexibility index (Phi) is 3.67. The average molecular weight is 239 g/mol. The first-order valence-corrected chi connectivity index (χ1v) is 7.01. The van der Waals surface area contributed by atoms with Crippen molar-refractivity contribution in [2.24, 2.45) is 0 Å². The zero-order valence-corrected chi connectivity index (χ0v) is 11.2. The fourth-order valence-corrected chi connectivity index (χ4v) is 3.30. The van der Waals surface area contributed by atoms with Crippen molar-refractivity contribution in [1.82, 2.24) is 5.32 Å². The minimum atomic E-state index is 0.0410. The molecule has 2 nitrogen and oxygen atoms in total. The van der Waals surface area contributed by atoms with Gasteiger partial charge in [-0.25, -0.2) is 0 Å². The van der Waals surface area contributed by atoms with Gasteiger partial charge in [0.25, 0.3) is 0 Å². The van der Waals surface area contributed by atoms with Gasteiger partial charge in [-0.3, -0.25) is 0 Å². The predicted molar refractivity (Wildman–Crippen MR) is 69.1 cm³/mol. The first-order valence-electron chi connectivity index (χ1n) is 6.13. The number of ether oxygens (including phenoxy) is 1. The molecule has 90 valence electrons. The highest BCUT2D eigenvalue weighted by Crippen LogP contribution is 2.35. The molecule has 0 aromatic carbocycles. The van der Waals surface area contributed by atoms with Crippen LogP contribution in [0, 0.1) is 6.92 Å². The average Bonchev–Trinajstić information content (AvgIpc) is 2.75. The van der Waals surface area contributed by atoms with E-state index in [4.69, 9.17) is 4.74 Å². The lowest BCUT2D eigenvalue weighted by atomic mass is 9.94. The van der Waals surface area contributed by atoms with E-state index in [2.05, 4.69) is 37.5 Å². The molecule has 0 bridgehead atoms. The molecule has 1 fully saturated rings. The van der Waals surface area contributed by atoms with Crippen LogP contribution < -0.4 is 5.32 Å². The number of aryl methyl sites for hydroxylation is 1. The van der Waals surface area contributed by atoms with Crippen LogP contribution in [0.25, 0.3) is 0 Å². The molecule has 2 rings (SSSR count). The van der Waals surface area contributed by atoms with Crippen molar-refractivity contribution in [1.29, 1.82) is 0 Å². The molecule has 1 aliphatic heterocycles. The zero-order chi connectivity index (χ0) is 11.6. The van der Waals surface area contributed by atoms with Gasteiger partial charge in [-0.15, -0.1) is 11.3 Å². The Morgan fingerprint density at radius 3 is 2.81 bits per heavy atom. The van der Waals surface area contributed by atoms with E-state index < -0.39 is 0 Å². The predicted octanol–water partition coefficient (Wildman–Crippen LogP) is 3.28. The number of thiophene rings is 1. The Morgan fingerprint density at radius 1 is 1.50 bits per heavy atom. The van der Waals surface area contributed by atoms with Gasteiger partial charge in [0.1, 0.15) is 6.10 Å². The number of hydrogen-bond acceptors (Lipinski definition) is 3. The van der Waals surface area contributed by atoms with Gasteiger partial charge in [0.05, 0.1) is 5.60 Å².